The van der Waals surface area contributed by atoms with E-state index in [1.165, 1.54) is 53.6 Å². The van der Waals surface area contributed by atoms with Crippen LogP contribution in [0.5, 0.6) is 0 Å². The number of benzene rings is 1. The van der Waals surface area contributed by atoms with Gasteiger partial charge in [-0.2, -0.15) is 0 Å². The minimum Gasteiger partial charge on any atom is -0.298 e. The van der Waals surface area contributed by atoms with Gasteiger partial charge in [0.1, 0.15) is 0 Å². The van der Waals surface area contributed by atoms with Crippen molar-refractivity contribution in [2.75, 3.05) is 19.6 Å². The maximum Gasteiger partial charge on any atom is 0.0900 e. The SMILES string of the molecule is CCc1nc(C)sc1CN1C[C@H](c2ccccc2)[C@@H]2[C@H]1C1CCN2CC1. The lowest BCUT2D eigenvalue weighted by Gasteiger charge is -2.51. The zero-order valence-electron chi connectivity index (χ0n) is 15.9. The van der Waals surface area contributed by atoms with Gasteiger partial charge in [0.05, 0.1) is 10.7 Å². The van der Waals surface area contributed by atoms with Crippen LogP contribution in [-0.4, -0.2) is 46.5 Å². The van der Waals surface area contributed by atoms with Gasteiger partial charge in [0.2, 0.25) is 0 Å². The van der Waals surface area contributed by atoms with Crippen molar-refractivity contribution in [1.29, 1.82) is 0 Å². The number of likely N-dealkylation sites (tertiary alicyclic amines) is 1. The number of aromatic nitrogens is 1. The van der Waals surface area contributed by atoms with Gasteiger partial charge >= 0.3 is 0 Å². The Morgan fingerprint density at radius 2 is 1.88 bits per heavy atom. The summed E-state index contributed by atoms with van der Waals surface area (Å²) in [6, 6.07) is 12.7. The average Bonchev–Trinajstić information content (AvgIpc) is 3.25. The Hall–Kier alpha value is -1.23. The molecule has 3 nitrogen and oxygen atoms in total. The van der Waals surface area contributed by atoms with E-state index in [1.807, 2.05) is 11.3 Å². The van der Waals surface area contributed by atoms with Crippen molar-refractivity contribution in [3.05, 3.63) is 51.5 Å². The molecule has 1 aromatic carbocycles. The first-order valence-electron chi connectivity index (χ1n) is 10.2. The van der Waals surface area contributed by atoms with Gasteiger partial charge in [-0.15, -0.1) is 11.3 Å². The topological polar surface area (TPSA) is 19.4 Å². The van der Waals surface area contributed by atoms with E-state index < -0.39 is 0 Å². The quantitative estimate of drug-likeness (QED) is 0.812. The second-order valence-electron chi connectivity index (χ2n) is 8.26. The summed E-state index contributed by atoms with van der Waals surface area (Å²) >= 11 is 1.92. The van der Waals surface area contributed by atoms with Crippen molar-refractivity contribution in [3.63, 3.8) is 0 Å². The highest BCUT2D eigenvalue weighted by Crippen LogP contribution is 2.47. The fourth-order valence-corrected chi connectivity index (χ4v) is 6.86. The molecule has 0 saturated carbocycles. The molecule has 26 heavy (non-hydrogen) atoms. The highest BCUT2D eigenvalue weighted by molar-refractivity contribution is 7.11. The summed E-state index contributed by atoms with van der Waals surface area (Å²) in [5.41, 5.74) is 2.86. The molecule has 2 aromatic rings. The molecule has 0 unspecified atom stereocenters. The molecule has 0 spiro atoms. The Bertz CT molecular complexity index is 763. The largest absolute Gasteiger partial charge is 0.298 e. The first-order valence-corrected chi connectivity index (χ1v) is 11.0. The molecular formula is C22H29N3S. The van der Waals surface area contributed by atoms with Crippen LogP contribution < -0.4 is 0 Å². The number of rotatable bonds is 4. The smallest absolute Gasteiger partial charge is 0.0900 e. The summed E-state index contributed by atoms with van der Waals surface area (Å²) < 4.78 is 0. The maximum atomic E-state index is 4.78. The minimum atomic E-state index is 0.656. The Balaban J connectivity index is 1.48. The van der Waals surface area contributed by atoms with Crippen molar-refractivity contribution in [2.45, 2.75) is 57.7 Å². The van der Waals surface area contributed by atoms with E-state index in [2.05, 4.69) is 54.0 Å². The lowest BCUT2D eigenvalue weighted by Crippen LogP contribution is -2.59. The Labute approximate surface area is 161 Å². The molecule has 0 radical (unpaired) electrons. The van der Waals surface area contributed by atoms with Crippen molar-refractivity contribution in [2.24, 2.45) is 5.92 Å². The predicted octanol–water partition coefficient (Wildman–Crippen LogP) is 4.08. The number of aryl methyl sites for hydroxylation is 2. The third-order valence-electron chi connectivity index (χ3n) is 6.89. The van der Waals surface area contributed by atoms with Crippen LogP contribution in [0.1, 0.15) is 46.8 Å². The summed E-state index contributed by atoms with van der Waals surface area (Å²) in [6.07, 6.45) is 3.84. The summed E-state index contributed by atoms with van der Waals surface area (Å²) in [6.45, 7) is 9.31. The van der Waals surface area contributed by atoms with Gasteiger partial charge < -0.3 is 0 Å². The third-order valence-corrected chi connectivity index (χ3v) is 7.89. The van der Waals surface area contributed by atoms with E-state index in [0.29, 0.717) is 12.0 Å². The van der Waals surface area contributed by atoms with Crippen molar-refractivity contribution < 1.29 is 0 Å². The lowest BCUT2D eigenvalue weighted by molar-refractivity contribution is -0.00851. The van der Waals surface area contributed by atoms with E-state index in [4.69, 9.17) is 4.98 Å². The Morgan fingerprint density at radius 1 is 1.12 bits per heavy atom. The van der Waals surface area contributed by atoms with E-state index in [0.717, 1.165) is 24.9 Å². The summed E-state index contributed by atoms with van der Waals surface area (Å²) in [5.74, 6) is 1.54. The summed E-state index contributed by atoms with van der Waals surface area (Å²) in [5, 5.41) is 1.22. The molecule has 5 heterocycles. The number of piperidine rings is 3. The van der Waals surface area contributed by atoms with Crippen molar-refractivity contribution in [3.8, 4) is 0 Å². The summed E-state index contributed by atoms with van der Waals surface area (Å²) in [7, 11) is 0. The van der Waals surface area contributed by atoms with Gasteiger partial charge in [-0.1, -0.05) is 37.3 Å². The maximum absolute atomic E-state index is 4.78. The van der Waals surface area contributed by atoms with E-state index in [9.17, 15) is 0 Å². The standard InChI is InChI=1S/C22H29N3S/c1-3-19-20(26-15(2)23-19)14-25-13-18(16-7-5-4-6-8-16)22-21(25)17-9-11-24(22)12-10-17/h4-8,17-18,21-22H,3,9-14H2,1-2H3/t18-,21-,22-/m1/s1. The van der Waals surface area contributed by atoms with Crippen molar-refractivity contribution >= 4 is 11.3 Å². The summed E-state index contributed by atoms with van der Waals surface area (Å²) in [4.78, 5) is 11.9. The highest BCUT2D eigenvalue weighted by atomic mass is 32.1. The van der Waals surface area contributed by atoms with E-state index in [1.54, 1.807) is 0 Å². The Morgan fingerprint density at radius 3 is 2.62 bits per heavy atom. The molecule has 6 rings (SSSR count). The molecule has 4 saturated heterocycles. The predicted molar refractivity (Wildman–Crippen MR) is 108 cm³/mol. The number of nitrogens with zero attached hydrogens (tertiary/aromatic N) is 3. The van der Waals surface area contributed by atoms with E-state index in [-0.39, 0.29) is 0 Å². The second-order valence-corrected chi connectivity index (χ2v) is 9.55. The molecule has 138 valence electrons. The molecule has 4 aliphatic rings. The molecule has 0 aliphatic carbocycles. The van der Waals surface area contributed by atoms with Crippen molar-refractivity contribution in [1.82, 2.24) is 14.8 Å². The fraction of sp³-hybridized carbons (Fsp3) is 0.591. The van der Waals surface area contributed by atoms with Crippen LogP contribution in [-0.2, 0) is 13.0 Å². The molecule has 4 heteroatoms. The van der Waals surface area contributed by atoms with Crippen LogP contribution in [0.4, 0.5) is 0 Å². The molecule has 2 bridgehead atoms. The monoisotopic (exact) mass is 367 g/mol. The van der Waals surface area contributed by atoms with Crippen LogP contribution in [0.2, 0.25) is 0 Å². The molecule has 4 aliphatic heterocycles. The zero-order valence-corrected chi connectivity index (χ0v) is 16.7. The average molecular weight is 368 g/mol. The van der Waals surface area contributed by atoms with Crippen LogP contribution in [0, 0.1) is 12.8 Å². The normalized spacial score (nSPS) is 33.5. The number of thiazole rings is 1. The third kappa shape index (κ3) is 2.74. The Kier molecular flexibility index (Phi) is 4.38. The molecule has 3 atom stereocenters. The van der Waals surface area contributed by atoms with Gasteiger partial charge in [0, 0.05) is 36.0 Å². The van der Waals surface area contributed by atoms with Gasteiger partial charge in [-0.3, -0.25) is 9.80 Å². The highest BCUT2D eigenvalue weighted by Gasteiger charge is 2.53. The number of fused-ring (bicyclic) bond motifs is 2. The van der Waals surface area contributed by atoms with Crippen LogP contribution >= 0.6 is 11.3 Å². The van der Waals surface area contributed by atoms with Gasteiger partial charge in [0.25, 0.3) is 0 Å². The van der Waals surface area contributed by atoms with Gasteiger partial charge in [-0.05, 0) is 50.8 Å². The lowest BCUT2D eigenvalue weighted by atomic mass is 9.75. The second kappa shape index (κ2) is 6.74. The molecule has 1 aromatic heterocycles. The number of hydrogen-bond donors (Lipinski definition) is 0. The van der Waals surface area contributed by atoms with Crippen LogP contribution in [0.15, 0.2) is 30.3 Å². The first kappa shape index (κ1) is 16.9. The zero-order chi connectivity index (χ0) is 17.7. The first-order chi connectivity index (χ1) is 12.7. The number of hydrogen-bond acceptors (Lipinski definition) is 4. The molecule has 0 N–H and O–H groups in total. The fourth-order valence-electron chi connectivity index (χ4n) is 5.81. The molecule has 0 amide bonds. The molecular weight excluding hydrogens is 338 g/mol. The van der Waals surface area contributed by atoms with Gasteiger partial charge in [-0.25, -0.2) is 4.98 Å². The minimum absolute atomic E-state index is 0.656. The van der Waals surface area contributed by atoms with E-state index >= 15 is 0 Å². The van der Waals surface area contributed by atoms with Crippen LogP contribution in [0.3, 0.4) is 0 Å². The molecule has 4 fully saturated rings. The van der Waals surface area contributed by atoms with Gasteiger partial charge in [0.15, 0.2) is 0 Å². The van der Waals surface area contributed by atoms with Crippen LogP contribution in [0.25, 0.3) is 0 Å².